The molecule has 0 aromatic heterocycles. The maximum Gasteiger partial charge on any atom is 0.126 e. The number of ether oxygens (including phenoxy) is 1. The van der Waals surface area contributed by atoms with Gasteiger partial charge in [0, 0.05) is 11.5 Å². The molecule has 0 saturated carbocycles. The summed E-state index contributed by atoms with van der Waals surface area (Å²) in [6.07, 6.45) is 4.86. The van der Waals surface area contributed by atoms with E-state index >= 15 is 0 Å². The highest BCUT2D eigenvalue weighted by molar-refractivity contribution is 5.85. The van der Waals surface area contributed by atoms with Crippen LogP contribution < -0.4 is 4.74 Å². The Kier molecular flexibility index (Phi) is 4.06. The first-order valence-corrected chi connectivity index (χ1v) is 7.72. The van der Waals surface area contributed by atoms with Crippen LogP contribution in [0.3, 0.4) is 0 Å². The van der Waals surface area contributed by atoms with Crippen LogP contribution in [0.1, 0.15) is 47.1 Å². The Morgan fingerprint density at radius 3 is 2.05 bits per heavy atom. The molecule has 0 aliphatic heterocycles. The summed E-state index contributed by atoms with van der Waals surface area (Å²) in [5, 5.41) is 0. The second-order valence-electron chi connectivity index (χ2n) is 8.00. The number of hydrogen-bond donors (Lipinski definition) is 0. The first-order chi connectivity index (χ1) is 9.64. The molecule has 1 heteroatoms. The maximum absolute atomic E-state index is 5.57. The number of allylic oxidation sites excluding steroid dienone is 4. The van der Waals surface area contributed by atoms with E-state index in [4.69, 9.17) is 4.74 Å². The van der Waals surface area contributed by atoms with E-state index in [1.165, 1.54) is 16.7 Å². The van der Waals surface area contributed by atoms with Gasteiger partial charge in [-0.15, -0.1) is 0 Å². The van der Waals surface area contributed by atoms with Crippen LogP contribution in [0.15, 0.2) is 42.0 Å². The van der Waals surface area contributed by atoms with Gasteiger partial charge in [0.05, 0.1) is 7.11 Å². The second-order valence-corrected chi connectivity index (χ2v) is 8.00. The summed E-state index contributed by atoms with van der Waals surface area (Å²) in [6, 6.07) is 8.32. The monoisotopic (exact) mass is 284 g/mol. The van der Waals surface area contributed by atoms with Crippen molar-refractivity contribution >= 4 is 5.57 Å². The van der Waals surface area contributed by atoms with Crippen molar-refractivity contribution in [3.63, 3.8) is 0 Å². The molecule has 0 fully saturated rings. The predicted octanol–water partition coefficient (Wildman–Crippen LogP) is 5.73. The fourth-order valence-corrected chi connectivity index (χ4v) is 2.84. The minimum atomic E-state index is 0.132. The number of hydrogen-bond acceptors (Lipinski definition) is 1. The standard InChI is InChI=1S/C20H28O/c1-19(2,3)14-12-16(17(13-14)20(4,5)6)15-10-8-9-11-18(15)21-7/h8-14H,1-7H3. The molecule has 114 valence electrons. The fourth-order valence-electron chi connectivity index (χ4n) is 2.84. The van der Waals surface area contributed by atoms with Crippen molar-refractivity contribution in [2.24, 2.45) is 16.7 Å². The molecule has 0 bridgehead atoms. The van der Waals surface area contributed by atoms with Gasteiger partial charge in [-0.3, -0.25) is 0 Å². The summed E-state index contributed by atoms with van der Waals surface area (Å²) >= 11 is 0. The molecule has 1 nitrogen and oxygen atoms in total. The van der Waals surface area contributed by atoms with Gasteiger partial charge in [0.15, 0.2) is 0 Å². The van der Waals surface area contributed by atoms with Crippen LogP contribution in [0.25, 0.3) is 5.57 Å². The van der Waals surface area contributed by atoms with Crippen LogP contribution in [-0.2, 0) is 0 Å². The largest absolute Gasteiger partial charge is 0.496 e. The summed E-state index contributed by atoms with van der Waals surface area (Å²) in [5.41, 5.74) is 4.33. The number of para-hydroxylation sites is 1. The van der Waals surface area contributed by atoms with Gasteiger partial charge in [-0.1, -0.05) is 71.9 Å². The third-order valence-corrected chi connectivity index (χ3v) is 4.19. The number of benzene rings is 1. The average Bonchev–Trinajstić information content (AvgIpc) is 2.83. The Morgan fingerprint density at radius 2 is 1.52 bits per heavy atom. The highest BCUT2D eigenvalue weighted by Gasteiger charge is 2.33. The third kappa shape index (κ3) is 3.23. The van der Waals surface area contributed by atoms with E-state index in [1.54, 1.807) is 7.11 Å². The predicted molar refractivity (Wildman–Crippen MR) is 91.5 cm³/mol. The zero-order valence-corrected chi connectivity index (χ0v) is 14.4. The molecule has 0 heterocycles. The van der Waals surface area contributed by atoms with Gasteiger partial charge < -0.3 is 4.74 Å². The molecule has 0 saturated heterocycles. The Hall–Kier alpha value is -1.50. The Balaban J connectivity index is 2.57. The van der Waals surface area contributed by atoms with E-state index < -0.39 is 0 Å². The quantitative estimate of drug-likeness (QED) is 0.674. The first-order valence-electron chi connectivity index (χ1n) is 7.72. The van der Waals surface area contributed by atoms with E-state index in [-0.39, 0.29) is 10.8 Å². The zero-order valence-electron chi connectivity index (χ0n) is 14.4. The van der Waals surface area contributed by atoms with Gasteiger partial charge in [-0.25, -0.2) is 0 Å². The fraction of sp³-hybridized carbons (Fsp3) is 0.500. The van der Waals surface area contributed by atoms with Crippen LogP contribution in [0.2, 0.25) is 0 Å². The van der Waals surface area contributed by atoms with Crippen molar-refractivity contribution in [3.05, 3.63) is 47.6 Å². The minimum absolute atomic E-state index is 0.132. The van der Waals surface area contributed by atoms with Crippen molar-refractivity contribution < 1.29 is 4.74 Å². The van der Waals surface area contributed by atoms with Crippen LogP contribution >= 0.6 is 0 Å². The van der Waals surface area contributed by atoms with Gasteiger partial charge in [0.25, 0.3) is 0 Å². The van der Waals surface area contributed by atoms with Crippen LogP contribution in [0.5, 0.6) is 5.75 Å². The van der Waals surface area contributed by atoms with Gasteiger partial charge in [0.2, 0.25) is 0 Å². The Labute approximate surface area is 129 Å². The normalized spacial score (nSPS) is 19.3. The summed E-state index contributed by atoms with van der Waals surface area (Å²) < 4.78 is 5.57. The van der Waals surface area contributed by atoms with Gasteiger partial charge in [-0.05, 0) is 28.0 Å². The molecule has 21 heavy (non-hydrogen) atoms. The van der Waals surface area contributed by atoms with Crippen LogP contribution in [0, 0.1) is 16.7 Å². The Bertz CT molecular complexity index is 577. The van der Waals surface area contributed by atoms with Crippen LogP contribution in [-0.4, -0.2) is 7.11 Å². The van der Waals surface area contributed by atoms with Gasteiger partial charge >= 0.3 is 0 Å². The molecule has 1 atom stereocenters. The lowest BCUT2D eigenvalue weighted by Crippen LogP contribution is -2.15. The number of rotatable bonds is 2. The molecular weight excluding hydrogens is 256 g/mol. The van der Waals surface area contributed by atoms with Crippen molar-refractivity contribution in [2.75, 3.05) is 7.11 Å². The molecule has 0 radical (unpaired) electrons. The van der Waals surface area contributed by atoms with Gasteiger partial charge in [0.1, 0.15) is 5.75 Å². The Morgan fingerprint density at radius 1 is 0.905 bits per heavy atom. The minimum Gasteiger partial charge on any atom is -0.496 e. The molecule has 0 amide bonds. The van der Waals surface area contributed by atoms with E-state index in [9.17, 15) is 0 Å². The molecule has 1 aromatic carbocycles. The van der Waals surface area contributed by atoms with E-state index in [2.05, 4.69) is 65.8 Å². The molecule has 2 rings (SSSR count). The van der Waals surface area contributed by atoms with Crippen molar-refractivity contribution in [3.8, 4) is 5.75 Å². The van der Waals surface area contributed by atoms with Crippen LogP contribution in [0.4, 0.5) is 0 Å². The highest BCUT2D eigenvalue weighted by atomic mass is 16.5. The topological polar surface area (TPSA) is 9.23 Å². The second kappa shape index (κ2) is 5.36. The first kappa shape index (κ1) is 15.9. The molecule has 0 spiro atoms. The average molecular weight is 284 g/mol. The smallest absolute Gasteiger partial charge is 0.126 e. The molecule has 1 aliphatic carbocycles. The summed E-state index contributed by atoms with van der Waals surface area (Å²) in [6.45, 7) is 13.8. The summed E-state index contributed by atoms with van der Waals surface area (Å²) in [5.74, 6) is 1.42. The lowest BCUT2D eigenvalue weighted by Gasteiger charge is -2.25. The zero-order chi connectivity index (χ0) is 15.8. The highest BCUT2D eigenvalue weighted by Crippen LogP contribution is 2.48. The van der Waals surface area contributed by atoms with Gasteiger partial charge in [-0.2, -0.15) is 0 Å². The molecule has 1 aliphatic rings. The van der Waals surface area contributed by atoms with Crippen molar-refractivity contribution in [1.82, 2.24) is 0 Å². The van der Waals surface area contributed by atoms with E-state index in [0.717, 1.165) is 5.75 Å². The SMILES string of the molecule is COc1ccccc1C1=CC(C(C)(C)C)C=C1C(C)(C)C. The number of methoxy groups -OCH3 is 1. The molecule has 1 aromatic rings. The molecule has 1 unspecified atom stereocenters. The third-order valence-electron chi connectivity index (χ3n) is 4.19. The summed E-state index contributed by atoms with van der Waals surface area (Å²) in [4.78, 5) is 0. The molecule has 0 N–H and O–H groups in total. The summed E-state index contributed by atoms with van der Waals surface area (Å²) in [7, 11) is 1.75. The van der Waals surface area contributed by atoms with E-state index in [1.807, 2.05) is 12.1 Å². The van der Waals surface area contributed by atoms with Crippen molar-refractivity contribution in [2.45, 2.75) is 41.5 Å². The lowest BCUT2D eigenvalue weighted by atomic mass is 9.79. The molecular formula is C20H28O. The maximum atomic E-state index is 5.57. The lowest BCUT2D eigenvalue weighted by molar-refractivity contribution is 0.344. The van der Waals surface area contributed by atoms with Crippen molar-refractivity contribution in [1.29, 1.82) is 0 Å². The van der Waals surface area contributed by atoms with E-state index in [0.29, 0.717) is 5.92 Å².